The predicted octanol–water partition coefficient (Wildman–Crippen LogP) is 6.86. The van der Waals surface area contributed by atoms with Gasteiger partial charge in [-0.15, -0.1) is 0 Å². The highest BCUT2D eigenvalue weighted by molar-refractivity contribution is 9.08. The number of hydrogen-bond donors (Lipinski definition) is 0. The number of hydrogen-bond acceptors (Lipinski definition) is 0. The Kier molecular flexibility index (Phi) is 4.85. The van der Waals surface area contributed by atoms with Crippen LogP contribution in [-0.2, 0) is 5.33 Å². The lowest BCUT2D eigenvalue weighted by Gasteiger charge is -2.12. The van der Waals surface area contributed by atoms with Crippen molar-refractivity contribution in [1.29, 1.82) is 0 Å². The Bertz CT molecular complexity index is 596. The van der Waals surface area contributed by atoms with E-state index in [1.54, 1.807) is 12.1 Å². The molecule has 0 aliphatic rings. The lowest BCUT2D eigenvalue weighted by atomic mass is 10.0. The summed E-state index contributed by atoms with van der Waals surface area (Å²) < 4.78 is 0. The molecule has 0 saturated heterocycles. The van der Waals surface area contributed by atoms with E-state index in [1.807, 2.05) is 18.2 Å². The molecule has 5 heteroatoms. The maximum absolute atomic E-state index is 6.35. The molecule has 0 unspecified atom stereocenters. The van der Waals surface area contributed by atoms with Crippen LogP contribution in [-0.4, -0.2) is 0 Å². The molecule has 0 spiro atoms. The van der Waals surface area contributed by atoms with E-state index < -0.39 is 0 Å². The first-order valence-electron chi connectivity index (χ1n) is 5.03. The Labute approximate surface area is 134 Å². The van der Waals surface area contributed by atoms with E-state index in [2.05, 4.69) is 15.9 Å². The second kappa shape index (κ2) is 6.02. The fraction of sp³-hybridized carbons (Fsp3) is 0.0769. The van der Waals surface area contributed by atoms with Gasteiger partial charge in [0.25, 0.3) is 0 Å². The van der Waals surface area contributed by atoms with E-state index in [9.17, 15) is 0 Å². The van der Waals surface area contributed by atoms with Crippen LogP contribution in [0.2, 0.25) is 20.1 Å². The first-order chi connectivity index (χ1) is 8.56. The average molecular weight is 385 g/mol. The van der Waals surface area contributed by atoms with Crippen LogP contribution in [0.4, 0.5) is 0 Å². The summed E-state index contributed by atoms with van der Waals surface area (Å²) in [6.45, 7) is 0. The third kappa shape index (κ3) is 2.66. The van der Waals surface area contributed by atoms with Crippen molar-refractivity contribution in [2.45, 2.75) is 5.33 Å². The molecule has 0 heterocycles. The van der Waals surface area contributed by atoms with E-state index >= 15 is 0 Å². The smallest absolute Gasteiger partial charge is 0.0686 e. The molecule has 0 atom stereocenters. The quantitative estimate of drug-likeness (QED) is 0.391. The van der Waals surface area contributed by atoms with Crippen molar-refractivity contribution in [3.63, 3.8) is 0 Å². The van der Waals surface area contributed by atoms with Gasteiger partial charge in [0.1, 0.15) is 0 Å². The van der Waals surface area contributed by atoms with Crippen LogP contribution in [0.25, 0.3) is 11.1 Å². The lowest BCUT2D eigenvalue weighted by Crippen LogP contribution is -1.88. The molecule has 2 rings (SSSR count). The minimum atomic E-state index is 0.415. The number of rotatable bonds is 2. The molecular formula is C13H7BrCl4. The molecule has 0 aromatic heterocycles. The molecule has 0 fully saturated rings. The summed E-state index contributed by atoms with van der Waals surface area (Å²) in [5.41, 5.74) is 2.42. The SMILES string of the molecule is Clc1ccc(Cl)c(-c2cccc(CBr)c2Cl)c1Cl. The number of alkyl halides is 1. The molecule has 94 valence electrons. The number of halogens is 5. The molecule has 0 bridgehead atoms. The van der Waals surface area contributed by atoms with Gasteiger partial charge in [-0.1, -0.05) is 80.5 Å². The third-order valence-corrected chi connectivity index (χ3v) is 4.71. The van der Waals surface area contributed by atoms with Gasteiger partial charge in [0.15, 0.2) is 0 Å². The maximum atomic E-state index is 6.35. The normalized spacial score (nSPS) is 10.7. The molecule has 0 radical (unpaired) electrons. The van der Waals surface area contributed by atoms with Gasteiger partial charge in [0.05, 0.1) is 20.1 Å². The van der Waals surface area contributed by atoms with Crippen LogP contribution >= 0.6 is 62.3 Å². The van der Waals surface area contributed by atoms with Crippen molar-refractivity contribution in [2.24, 2.45) is 0 Å². The predicted molar refractivity (Wildman–Crippen MR) is 84.5 cm³/mol. The highest BCUT2D eigenvalue weighted by Crippen LogP contribution is 2.42. The van der Waals surface area contributed by atoms with Crippen molar-refractivity contribution < 1.29 is 0 Å². The van der Waals surface area contributed by atoms with E-state index in [4.69, 9.17) is 46.4 Å². The van der Waals surface area contributed by atoms with Gasteiger partial charge in [-0.2, -0.15) is 0 Å². The minimum Gasteiger partial charge on any atom is -0.0876 e. The zero-order chi connectivity index (χ0) is 13.3. The Morgan fingerprint density at radius 2 is 1.50 bits per heavy atom. The van der Waals surface area contributed by atoms with Crippen molar-refractivity contribution >= 4 is 62.3 Å². The summed E-state index contributed by atoms with van der Waals surface area (Å²) >= 11 is 28.2. The molecule has 2 aromatic carbocycles. The van der Waals surface area contributed by atoms with Gasteiger partial charge in [-0.25, -0.2) is 0 Å². The molecule has 0 amide bonds. The summed E-state index contributed by atoms with van der Waals surface area (Å²) in [7, 11) is 0. The van der Waals surface area contributed by atoms with Crippen molar-refractivity contribution in [1.82, 2.24) is 0 Å². The second-order valence-electron chi connectivity index (χ2n) is 3.63. The Balaban J connectivity index is 2.73. The molecular weight excluding hydrogens is 378 g/mol. The molecule has 0 aliphatic heterocycles. The van der Waals surface area contributed by atoms with Crippen LogP contribution in [0.15, 0.2) is 30.3 Å². The second-order valence-corrected chi connectivity index (χ2v) is 5.76. The summed E-state index contributed by atoms with van der Waals surface area (Å²) in [5.74, 6) is 0. The topological polar surface area (TPSA) is 0 Å². The van der Waals surface area contributed by atoms with Gasteiger partial charge in [-0.3, -0.25) is 0 Å². The van der Waals surface area contributed by atoms with Crippen LogP contribution in [0.3, 0.4) is 0 Å². The van der Waals surface area contributed by atoms with Crippen LogP contribution < -0.4 is 0 Å². The Morgan fingerprint density at radius 1 is 0.833 bits per heavy atom. The first-order valence-corrected chi connectivity index (χ1v) is 7.66. The number of benzene rings is 2. The third-order valence-electron chi connectivity index (χ3n) is 2.54. The zero-order valence-electron chi connectivity index (χ0n) is 8.98. The largest absolute Gasteiger partial charge is 0.0876 e. The zero-order valence-corrected chi connectivity index (χ0v) is 13.6. The maximum Gasteiger partial charge on any atom is 0.0686 e. The fourth-order valence-corrected chi connectivity index (χ4v) is 3.30. The van der Waals surface area contributed by atoms with Gasteiger partial charge >= 0.3 is 0 Å². The molecule has 18 heavy (non-hydrogen) atoms. The Hall–Kier alpha value is 0.0800. The van der Waals surface area contributed by atoms with Crippen LogP contribution in [0.1, 0.15) is 5.56 Å². The summed E-state index contributed by atoms with van der Waals surface area (Å²) in [6.07, 6.45) is 0. The molecule has 0 nitrogen and oxygen atoms in total. The standard InChI is InChI=1S/C13H7BrCl4/c14-6-7-2-1-3-8(12(7)17)11-9(15)4-5-10(16)13(11)18/h1-5H,6H2. The first kappa shape index (κ1) is 14.5. The van der Waals surface area contributed by atoms with E-state index in [0.717, 1.165) is 11.1 Å². The molecule has 0 aliphatic carbocycles. The summed E-state index contributed by atoms with van der Waals surface area (Å²) in [6, 6.07) is 9.09. The Morgan fingerprint density at radius 3 is 2.17 bits per heavy atom. The highest BCUT2D eigenvalue weighted by Gasteiger charge is 2.15. The van der Waals surface area contributed by atoms with Crippen molar-refractivity contribution in [3.05, 3.63) is 56.0 Å². The molecule has 2 aromatic rings. The molecule has 0 N–H and O–H groups in total. The minimum absolute atomic E-state index is 0.415. The van der Waals surface area contributed by atoms with E-state index in [0.29, 0.717) is 31.0 Å². The van der Waals surface area contributed by atoms with Gasteiger partial charge in [0.2, 0.25) is 0 Å². The van der Waals surface area contributed by atoms with Gasteiger partial charge in [0, 0.05) is 16.5 Å². The van der Waals surface area contributed by atoms with Gasteiger partial charge in [-0.05, 0) is 17.7 Å². The van der Waals surface area contributed by atoms with Crippen molar-refractivity contribution in [3.8, 4) is 11.1 Å². The average Bonchev–Trinajstić information content (AvgIpc) is 2.36. The van der Waals surface area contributed by atoms with Crippen LogP contribution in [0.5, 0.6) is 0 Å². The van der Waals surface area contributed by atoms with E-state index in [1.165, 1.54) is 0 Å². The van der Waals surface area contributed by atoms with Crippen LogP contribution in [0, 0.1) is 0 Å². The molecule has 0 saturated carbocycles. The highest BCUT2D eigenvalue weighted by atomic mass is 79.9. The fourth-order valence-electron chi connectivity index (χ4n) is 1.65. The lowest BCUT2D eigenvalue weighted by molar-refractivity contribution is 1.43. The van der Waals surface area contributed by atoms with E-state index in [-0.39, 0.29) is 0 Å². The van der Waals surface area contributed by atoms with Gasteiger partial charge < -0.3 is 0 Å². The monoisotopic (exact) mass is 382 g/mol. The van der Waals surface area contributed by atoms with Crippen molar-refractivity contribution in [2.75, 3.05) is 0 Å². The summed E-state index contributed by atoms with van der Waals surface area (Å²) in [4.78, 5) is 0. The summed E-state index contributed by atoms with van der Waals surface area (Å²) in [5, 5.41) is 2.68.